The lowest BCUT2D eigenvalue weighted by atomic mass is 9.89. The van der Waals surface area contributed by atoms with E-state index in [1.807, 2.05) is 12.1 Å². The lowest BCUT2D eigenvalue weighted by molar-refractivity contribution is 0.0305. The Bertz CT molecular complexity index is 463. The molecule has 1 aliphatic rings. The molecule has 0 amide bonds. The second-order valence-corrected chi connectivity index (χ2v) is 6.63. The highest BCUT2D eigenvalue weighted by Gasteiger charge is 2.37. The van der Waals surface area contributed by atoms with Gasteiger partial charge in [-0.1, -0.05) is 26.8 Å². The Morgan fingerprint density at radius 2 is 2.24 bits per heavy atom. The number of hydrogen-bond donors (Lipinski definition) is 1. The molecule has 1 aromatic heterocycles. The number of rotatable bonds is 5. The van der Waals surface area contributed by atoms with Gasteiger partial charge in [0, 0.05) is 37.3 Å². The third kappa shape index (κ3) is 3.74. The van der Waals surface area contributed by atoms with E-state index in [9.17, 15) is 0 Å². The lowest BCUT2D eigenvalue weighted by Gasteiger charge is -2.48. The molecule has 2 unspecified atom stereocenters. The molecule has 1 aliphatic heterocycles. The van der Waals surface area contributed by atoms with Gasteiger partial charge < -0.3 is 10.1 Å². The van der Waals surface area contributed by atoms with Crippen molar-refractivity contribution in [3.8, 4) is 5.88 Å². The van der Waals surface area contributed by atoms with Crippen LogP contribution in [0.1, 0.15) is 39.8 Å². The molecule has 2 atom stereocenters. The van der Waals surface area contributed by atoms with Crippen LogP contribution in [-0.2, 0) is 6.54 Å². The van der Waals surface area contributed by atoms with E-state index in [1.54, 1.807) is 7.11 Å². The van der Waals surface area contributed by atoms with E-state index in [4.69, 9.17) is 4.74 Å². The second-order valence-electron chi connectivity index (χ2n) is 6.63. The smallest absolute Gasteiger partial charge is 0.213 e. The molecule has 4 nitrogen and oxygen atoms in total. The normalized spacial score (nSPS) is 27.0. The zero-order valence-electron chi connectivity index (χ0n) is 14.0. The summed E-state index contributed by atoms with van der Waals surface area (Å²) in [4.78, 5) is 7.15. The minimum absolute atomic E-state index is 0.191. The number of piperazine rings is 1. The number of pyridine rings is 1. The van der Waals surface area contributed by atoms with Gasteiger partial charge in [0.1, 0.15) is 0 Å². The molecule has 4 heteroatoms. The first-order chi connectivity index (χ1) is 9.98. The summed E-state index contributed by atoms with van der Waals surface area (Å²) in [6.45, 7) is 12.2. The monoisotopic (exact) mass is 291 g/mol. The number of nitrogens with zero attached hydrogens (tertiary/aromatic N) is 2. The first-order valence-corrected chi connectivity index (χ1v) is 7.97. The molecule has 2 rings (SSSR count). The molecular formula is C17H29N3O. The zero-order valence-corrected chi connectivity index (χ0v) is 14.0. The van der Waals surface area contributed by atoms with Crippen molar-refractivity contribution in [2.24, 2.45) is 5.92 Å². The van der Waals surface area contributed by atoms with E-state index in [2.05, 4.69) is 49.0 Å². The van der Waals surface area contributed by atoms with Gasteiger partial charge in [0.05, 0.1) is 12.8 Å². The van der Waals surface area contributed by atoms with Crippen LogP contribution in [0, 0.1) is 5.92 Å². The number of nitrogens with one attached hydrogen (secondary N) is 1. The Kier molecular flexibility index (Phi) is 5.22. The van der Waals surface area contributed by atoms with Gasteiger partial charge in [-0.15, -0.1) is 0 Å². The van der Waals surface area contributed by atoms with Crippen molar-refractivity contribution in [1.29, 1.82) is 0 Å². The minimum atomic E-state index is 0.191. The summed E-state index contributed by atoms with van der Waals surface area (Å²) >= 11 is 0. The molecule has 0 bridgehead atoms. The van der Waals surface area contributed by atoms with Crippen molar-refractivity contribution in [3.05, 3.63) is 23.9 Å². The molecule has 1 aromatic rings. The van der Waals surface area contributed by atoms with E-state index in [1.165, 1.54) is 0 Å². The van der Waals surface area contributed by atoms with Crippen LogP contribution in [-0.4, -0.2) is 41.7 Å². The molecule has 0 radical (unpaired) electrons. The summed E-state index contributed by atoms with van der Waals surface area (Å²) in [5, 5.41) is 3.71. The van der Waals surface area contributed by atoms with Crippen LogP contribution in [0.4, 0.5) is 0 Å². The van der Waals surface area contributed by atoms with Crippen molar-refractivity contribution in [3.63, 3.8) is 0 Å². The van der Waals surface area contributed by atoms with Gasteiger partial charge in [0.2, 0.25) is 5.88 Å². The number of ether oxygens (including phenoxy) is 1. The van der Waals surface area contributed by atoms with Gasteiger partial charge in [0.25, 0.3) is 0 Å². The third-order valence-electron chi connectivity index (χ3n) is 4.84. The summed E-state index contributed by atoms with van der Waals surface area (Å²) in [7, 11) is 1.67. The Labute approximate surface area is 128 Å². The van der Waals surface area contributed by atoms with Crippen LogP contribution in [0.2, 0.25) is 0 Å². The van der Waals surface area contributed by atoms with Crippen molar-refractivity contribution < 1.29 is 4.74 Å². The van der Waals surface area contributed by atoms with Crippen molar-refractivity contribution in [2.45, 2.75) is 52.2 Å². The van der Waals surface area contributed by atoms with Crippen LogP contribution >= 0.6 is 0 Å². The lowest BCUT2D eigenvalue weighted by Crippen LogP contribution is -2.63. The molecule has 1 fully saturated rings. The fourth-order valence-corrected chi connectivity index (χ4v) is 2.89. The maximum Gasteiger partial charge on any atom is 0.213 e. The SMILES string of the molecule is CCC1(C)CNC(C(C)C)CN1Cc1cccc(OC)n1. The van der Waals surface area contributed by atoms with E-state index in [-0.39, 0.29) is 5.54 Å². The summed E-state index contributed by atoms with van der Waals surface area (Å²) in [5.74, 6) is 1.34. The molecule has 21 heavy (non-hydrogen) atoms. The minimum Gasteiger partial charge on any atom is -0.481 e. The van der Waals surface area contributed by atoms with Crippen LogP contribution < -0.4 is 10.1 Å². The molecule has 1 saturated heterocycles. The van der Waals surface area contributed by atoms with E-state index in [0.29, 0.717) is 17.8 Å². The summed E-state index contributed by atoms with van der Waals surface area (Å²) < 4.78 is 5.24. The van der Waals surface area contributed by atoms with Crippen molar-refractivity contribution in [2.75, 3.05) is 20.2 Å². The molecule has 0 spiro atoms. The number of aromatic nitrogens is 1. The fourth-order valence-electron chi connectivity index (χ4n) is 2.89. The molecule has 0 saturated carbocycles. The van der Waals surface area contributed by atoms with E-state index < -0.39 is 0 Å². The quantitative estimate of drug-likeness (QED) is 0.905. The third-order valence-corrected chi connectivity index (χ3v) is 4.84. The molecule has 1 N–H and O–H groups in total. The van der Waals surface area contributed by atoms with Gasteiger partial charge in [0.15, 0.2) is 0 Å². The van der Waals surface area contributed by atoms with Crippen LogP contribution in [0.5, 0.6) is 5.88 Å². The van der Waals surface area contributed by atoms with Crippen LogP contribution in [0.15, 0.2) is 18.2 Å². The first kappa shape index (κ1) is 16.2. The molecule has 0 aliphatic carbocycles. The second kappa shape index (κ2) is 6.75. The average Bonchev–Trinajstić information content (AvgIpc) is 2.49. The largest absolute Gasteiger partial charge is 0.481 e. The van der Waals surface area contributed by atoms with E-state index in [0.717, 1.165) is 31.7 Å². The van der Waals surface area contributed by atoms with Crippen LogP contribution in [0.3, 0.4) is 0 Å². The topological polar surface area (TPSA) is 37.4 Å². The van der Waals surface area contributed by atoms with Crippen LogP contribution in [0.25, 0.3) is 0 Å². The molecule has 118 valence electrons. The van der Waals surface area contributed by atoms with Gasteiger partial charge in [-0.3, -0.25) is 4.90 Å². The van der Waals surface area contributed by atoms with Gasteiger partial charge in [-0.05, 0) is 25.3 Å². The highest BCUT2D eigenvalue weighted by molar-refractivity contribution is 5.16. The number of hydrogen-bond acceptors (Lipinski definition) is 4. The molecular weight excluding hydrogens is 262 g/mol. The Hall–Kier alpha value is -1.13. The molecule has 2 heterocycles. The Morgan fingerprint density at radius 3 is 2.86 bits per heavy atom. The maximum absolute atomic E-state index is 5.24. The zero-order chi connectivity index (χ0) is 15.5. The van der Waals surface area contributed by atoms with Crippen molar-refractivity contribution >= 4 is 0 Å². The van der Waals surface area contributed by atoms with Gasteiger partial charge in [-0.2, -0.15) is 0 Å². The summed E-state index contributed by atoms with van der Waals surface area (Å²) in [6.07, 6.45) is 1.13. The molecule has 0 aromatic carbocycles. The standard InChI is InChI=1S/C17H29N3O/c1-6-17(4)12-18-15(13(2)3)11-20(17)10-14-8-7-9-16(19-14)21-5/h7-9,13,15,18H,6,10-12H2,1-5H3. The Balaban J connectivity index is 2.15. The van der Waals surface area contributed by atoms with Crippen molar-refractivity contribution in [1.82, 2.24) is 15.2 Å². The summed E-state index contributed by atoms with van der Waals surface area (Å²) in [5.41, 5.74) is 1.27. The maximum atomic E-state index is 5.24. The first-order valence-electron chi connectivity index (χ1n) is 7.97. The summed E-state index contributed by atoms with van der Waals surface area (Å²) in [6, 6.07) is 6.56. The fraction of sp³-hybridized carbons (Fsp3) is 0.706. The number of methoxy groups -OCH3 is 1. The highest BCUT2D eigenvalue weighted by Crippen LogP contribution is 2.26. The predicted molar refractivity (Wildman–Crippen MR) is 86.5 cm³/mol. The predicted octanol–water partition coefficient (Wildman–Crippen LogP) is 2.69. The highest BCUT2D eigenvalue weighted by atomic mass is 16.5. The average molecular weight is 291 g/mol. The van der Waals surface area contributed by atoms with Gasteiger partial charge in [-0.25, -0.2) is 4.98 Å². The van der Waals surface area contributed by atoms with E-state index >= 15 is 0 Å². The van der Waals surface area contributed by atoms with Gasteiger partial charge >= 0.3 is 0 Å². The Morgan fingerprint density at radius 1 is 1.48 bits per heavy atom.